The molecule has 8 heteroatoms. The summed E-state index contributed by atoms with van der Waals surface area (Å²) in [4.78, 5) is 35.6. The van der Waals surface area contributed by atoms with Crippen LogP contribution in [0.2, 0.25) is 0 Å². The zero-order chi connectivity index (χ0) is 25.1. The Morgan fingerprint density at radius 2 is 1.91 bits per heavy atom. The van der Waals surface area contributed by atoms with Crippen molar-refractivity contribution in [3.05, 3.63) is 86.3 Å². The molecule has 0 aliphatic heterocycles. The Kier molecular flexibility index (Phi) is 6.90. The summed E-state index contributed by atoms with van der Waals surface area (Å²) in [6, 6.07) is 12.6. The maximum Gasteiger partial charge on any atom is 0.279 e. The summed E-state index contributed by atoms with van der Waals surface area (Å²) in [5, 5.41) is 10.2. The molecule has 178 valence electrons. The van der Waals surface area contributed by atoms with E-state index in [4.69, 9.17) is 9.72 Å². The fourth-order valence-corrected chi connectivity index (χ4v) is 4.01. The lowest BCUT2D eigenvalue weighted by Gasteiger charge is -2.14. The minimum absolute atomic E-state index is 0.137. The van der Waals surface area contributed by atoms with E-state index >= 15 is 0 Å². The molecule has 3 aromatic heterocycles. The maximum atomic E-state index is 13.3. The third-order valence-electron chi connectivity index (χ3n) is 6.06. The van der Waals surface area contributed by atoms with E-state index in [1.165, 1.54) is 10.5 Å². The van der Waals surface area contributed by atoms with Gasteiger partial charge in [-0.25, -0.2) is 4.98 Å². The van der Waals surface area contributed by atoms with Crippen LogP contribution in [0.5, 0.6) is 0 Å². The molecule has 0 fully saturated rings. The normalized spacial score (nSPS) is 11.8. The van der Waals surface area contributed by atoms with Gasteiger partial charge in [-0.15, -0.1) is 0 Å². The first-order chi connectivity index (χ1) is 16.8. The van der Waals surface area contributed by atoms with Gasteiger partial charge in [0.1, 0.15) is 17.4 Å². The van der Waals surface area contributed by atoms with Crippen molar-refractivity contribution >= 4 is 22.6 Å². The van der Waals surface area contributed by atoms with Crippen LogP contribution in [0.25, 0.3) is 16.7 Å². The minimum Gasteiger partial charge on any atom is -0.382 e. The number of hydrogen-bond acceptors (Lipinski definition) is 5. The fourth-order valence-electron chi connectivity index (χ4n) is 4.01. The molecule has 0 saturated carbocycles. The molecule has 0 aliphatic rings. The Hall–Kier alpha value is -4.09. The summed E-state index contributed by atoms with van der Waals surface area (Å²) in [7, 11) is 0. The quantitative estimate of drug-likeness (QED) is 0.317. The van der Waals surface area contributed by atoms with E-state index in [1.807, 2.05) is 39.8 Å². The van der Waals surface area contributed by atoms with E-state index in [9.17, 15) is 14.9 Å². The molecule has 0 spiro atoms. The minimum atomic E-state index is -0.462. The first-order valence-corrected chi connectivity index (χ1v) is 11.6. The molecule has 1 amide bonds. The van der Waals surface area contributed by atoms with Gasteiger partial charge in [0.05, 0.1) is 10.9 Å². The highest BCUT2D eigenvalue weighted by Crippen LogP contribution is 2.14. The van der Waals surface area contributed by atoms with Crippen molar-refractivity contribution < 1.29 is 9.53 Å². The molecular formula is C27H27N5O3. The smallest absolute Gasteiger partial charge is 0.279 e. The highest BCUT2D eigenvalue weighted by molar-refractivity contribution is 5.95. The van der Waals surface area contributed by atoms with Crippen LogP contribution in [-0.2, 0) is 11.3 Å². The monoisotopic (exact) mass is 469 g/mol. The number of hydrogen-bond donors (Lipinski definition) is 0. The summed E-state index contributed by atoms with van der Waals surface area (Å²) >= 11 is 0. The van der Waals surface area contributed by atoms with E-state index in [0.717, 1.165) is 16.7 Å². The first kappa shape index (κ1) is 24.0. The van der Waals surface area contributed by atoms with E-state index in [2.05, 4.69) is 11.1 Å². The van der Waals surface area contributed by atoms with Crippen molar-refractivity contribution in [1.82, 2.24) is 14.0 Å². The van der Waals surface area contributed by atoms with Gasteiger partial charge < -0.3 is 9.30 Å². The van der Waals surface area contributed by atoms with Crippen molar-refractivity contribution in [3.63, 3.8) is 0 Å². The number of carbonyl (C=O) groups excluding carboxylic acids is 1. The Morgan fingerprint density at radius 1 is 1.11 bits per heavy atom. The molecule has 0 N–H and O–H groups in total. The van der Waals surface area contributed by atoms with Gasteiger partial charge in [0, 0.05) is 31.5 Å². The predicted octanol–water partition coefficient (Wildman–Crippen LogP) is 3.61. The van der Waals surface area contributed by atoms with E-state index in [1.54, 1.807) is 29.0 Å². The van der Waals surface area contributed by atoms with Crippen molar-refractivity contribution in [2.75, 3.05) is 13.2 Å². The number of nitriles is 1. The highest BCUT2D eigenvalue weighted by Gasteiger charge is 2.16. The van der Waals surface area contributed by atoms with Crippen molar-refractivity contribution in [1.29, 1.82) is 5.26 Å². The van der Waals surface area contributed by atoms with Crippen molar-refractivity contribution in [2.45, 2.75) is 40.7 Å². The zero-order valence-electron chi connectivity index (χ0n) is 20.3. The average molecular weight is 470 g/mol. The number of ether oxygens (including phenoxy) is 1. The summed E-state index contributed by atoms with van der Waals surface area (Å²) in [5.41, 5.74) is 4.25. The number of fused-ring (bicyclic) bond motifs is 2. The predicted molar refractivity (Wildman–Crippen MR) is 133 cm³/mol. The lowest BCUT2D eigenvalue weighted by atomic mass is 10.1. The molecule has 0 saturated heterocycles. The molecule has 1 aromatic carbocycles. The molecular weight excluding hydrogens is 442 g/mol. The molecule has 35 heavy (non-hydrogen) atoms. The number of amides is 1. The van der Waals surface area contributed by atoms with Gasteiger partial charge in [0.15, 0.2) is 5.49 Å². The third-order valence-corrected chi connectivity index (χ3v) is 6.06. The fraction of sp³-hybridized carbons (Fsp3) is 0.296. The Balaban J connectivity index is 2.03. The van der Waals surface area contributed by atoms with Crippen LogP contribution in [0.4, 0.5) is 0 Å². The Morgan fingerprint density at radius 3 is 2.63 bits per heavy atom. The van der Waals surface area contributed by atoms with Gasteiger partial charge in [-0.3, -0.25) is 14.0 Å². The topological polar surface area (TPSA) is 102 Å². The molecule has 0 bridgehead atoms. The lowest BCUT2D eigenvalue weighted by molar-refractivity contribution is 0.0997. The molecule has 0 aliphatic carbocycles. The first-order valence-electron chi connectivity index (χ1n) is 11.6. The van der Waals surface area contributed by atoms with Gasteiger partial charge >= 0.3 is 0 Å². The molecule has 0 radical (unpaired) electrons. The van der Waals surface area contributed by atoms with Crippen LogP contribution < -0.4 is 11.0 Å². The van der Waals surface area contributed by atoms with E-state index in [-0.39, 0.29) is 16.6 Å². The lowest BCUT2D eigenvalue weighted by Crippen LogP contribution is -2.30. The van der Waals surface area contributed by atoms with Crippen LogP contribution in [0.1, 0.15) is 46.0 Å². The number of nitrogens with zero attached hydrogens (tertiary/aromatic N) is 5. The second kappa shape index (κ2) is 10.0. The number of benzene rings is 1. The van der Waals surface area contributed by atoms with Crippen LogP contribution in [0.15, 0.2) is 52.4 Å². The molecule has 8 nitrogen and oxygen atoms in total. The van der Waals surface area contributed by atoms with Crippen LogP contribution in [-0.4, -0.2) is 33.1 Å². The van der Waals surface area contributed by atoms with Crippen LogP contribution >= 0.6 is 0 Å². The standard InChI is InChI=1S/C27H27N5O3/c1-5-35-13-7-12-31-24(30-26(33)20-10-9-17(2)19(4)14-20)21(16-28)15-22-25(31)29-23-18(3)8-6-11-32(23)27(22)34/h6,8-11,14-15H,5,7,12-13H2,1-4H3. The van der Waals surface area contributed by atoms with Gasteiger partial charge in [0.2, 0.25) is 0 Å². The summed E-state index contributed by atoms with van der Waals surface area (Å²) < 4.78 is 8.66. The average Bonchev–Trinajstić information content (AvgIpc) is 2.85. The largest absolute Gasteiger partial charge is 0.382 e. The van der Waals surface area contributed by atoms with Gasteiger partial charge in [-0.2, -0.15) is 10.3 Å². The molecule has 4 rings (SSSR count). The van der Waals surface area contributed by atoms with Gasteiger partial charge in [0.25, 0.3) is 11.5 Å². The number of rotatable bonds is 6. The summed E-state index contributed by atoms with van der Waals surface area (Å²) in [6.07, 6.45) is 2.25. The van der Waals surface area contributed by atoms with Crippen molar-refractivity contribution in [3.8, 4) is 6.07 Å². The second-order valence-corrected chi connectivity index (χ2v) is 8.45. The van der Waals surface area contributed by atoms with E-state index < -0.39 is 5.91 Å². The van der Waals surface area contributed by atoms with Crippen LogP contribution in [0.3, 0.4) is 0 Å². The zero-order valence-corrected chi connectivity index (χ0v) is 20.3. The summed E-state index contributed by atoms with van der Waals surface area (Å²) in [5.74, 6) is -0.462. The third kappa shape index (κ3) is 4.63. The number of aromatic nitrogens is 3. The highest BCUT2D eigenvalue weighted by atomic mass is 16.5. The number of carbonyl (C=O) groups is 1. The second-order valence-electron chi connectivity index (χ2n) is 8.45. The SMILES string of the molecule is CCOCCCn1c(=NC(=O)c2ccc(C)c(C)c2)c(C#N)cc2c(=O)n3cccc(C)c3nc21. The summed E-state index contributed by atoms with van der Waals surface area (Å²) in [6.45, 7) is 9.14. The van der Waals surface area contributed by atoms with Crippen molar-refractivity contribution in [2.24, 2.45) is 4.99 Å². The molecule has 0 unspecified atom stereocenters. The van der Waals surface area contributed by atoms with Gasteiger partial charge in [-0.1, -0.05) is 12.1 Å². The maximum absolute atomic E-state index is 13.3. The van der Waals surface area contributed by atoms with E-state index in [0.29, 0.717) is 48.4 Å². The Labute approximate surface area is 202 Å². The molecule has 4 aromatic rings. The van der Waals surface area contributed by atoms with Crippen LogP contribution in [0, 0.1) is 32.1 Å². The number of aryl methyl sites for hydroxylation is 4. The molecule has 3 heterocycles. The number of pyridine rings is 2. The molecule has 0 atom stereocenters. The van der Waals surface area contributed by atoms with Gasteiger partial charge in [-0.05, 0) is 75.1 Å². The Bertz CT molecular complexity index is 1620.